The summed E-state index contributed by atoms with van der Waals surface area (Å²) in [7, 11) is -4.64. The molecule has 0 radical (unpaired) electrons. The molecule has 11 nitrogen and oxygen atoms in total. The molecule has 88 valence electrons. The third-order valence-electron chi connectivity index (χ3n) is 0.167. The first-order valence-corrected chi connectivity index (χ1v) is 7.85. The van der Waals surface area contributed by atoms with Crippen LogP contribution in [0.15, 0.2) is 0 Å². The molecule has 16 heavy (non-hydrogen) atoms. The molecule has 0 aliphatic carbocycles. The standard InChI is InChI=1S/2Cr.2K.H3O4P.7O/c;;;;1-5(2,3)4;;;;;;;/h;;;;(H3,1,2,3,4);;;;;;;/q;;2*+1;;;;;;;2*-1. The molecule has 0 aromatic carbocycles. The van der Waals surface area contributed by atoms with Crippen LogP contribution < -0.4 is 111 Å². The fraction of sp³-hybridized carbons (Fsp3) is 0. The third-order valence-corrected chi connectivity index (χ3v) is 2.83. The van der Waals surface area contributed by atoms with Gasteiger partial charge in [0.1, 0.15) is 0 Å². The van der Waals surface area contributed by atoms with Crippen molar-refractivity contribution in [3.63, 3.8) is 0 Å². The fourth-order valence-corrected chi connectivity index (χ4v) is 1.74. The average Bonchev–Trinajstić information content (AvgIpc) is 1.42. The summed E-state index contributed by atoms with van der Waals surface area (Å²) in [5, 5.41) is 0. The average molecular weight is 392 g/mol. The number of rotatable bonds is 2. The van der Waals surface area contributed by atoms with E-state index in [-0.39, 0.29) is 103 Å². The van der Waals surface area contributed by atoms with Gasteiger partial charge in [-0.2, -0.15) is 0 Å². The van der Waals surface area contributed by atoms with Gasteiger partial charge < -0.3 is 14.7 Å². The maximum absolute atomic E-state index is 9.38. The van der Waals surface area contributed by atoms with E-state index in [1.54, 1.807) is 0 Å². The molecule has 0 aliphatic heterocycles. The molecular weight excluding hydrogens is 389 g/mol. The molecule has 0 aromatic heterocycles. The van der Waals surface area contributed by atoms with Gasteiger partial charge in [-0.15, -0.1) is 0 Å². The summed E-state index contributed by atoms with van der Waals surface area (Å²) in [5.74, 6) is 0. The Kier molecular flexibility index (Phi) is 19.5. The van der Waals surface area contributed by atoms with Crippen LogP contribution in [-0.2, 0) is 49.8 Å². The van der Waals surface area contributed by atoms with E-state index in [0.717, 1.165) is 0 Å². The van der Waals surface area contributed by atoms with Crippen molar-refractivity contribution < 1.29 is 176 Å². The summed E-state index contributed by atoms with van der Waals surface area (Å²) in [6.07, 6.45) is 0. The van der Waals surface area contributed by atoms with Gasteiger partial charge in [-0.05, 0) is 0 Å². The monoisotopic (exact) mass is 392 g/mol. The molecule has 0 amide bonds. The van der Waals surface area contributed by atoms with E-state index in [9.17, 15) is 23.5 Å². The first-order chi connectivity index (χ1) is 5.71. The summed E-state index contributed by atoms with van der Waals surface area (Å²) >= 11 is -12.1. The molecule has 0 saturated heterocycles. The number of hydrogen-bond donors (Lipinski definition) is 3. The van der Waals surface area contributed by atoms with Crippen LogP contribution in [0.1, 0.15) is 0 Å². The second-order valence-corrected chi connectivity index (χ2v) is 6.06. The van der Waals surface area contributed by atoms with Gasteiger partial charge in [-0.25, -0.2) is 4.57 Å². The minimum absolute atomic E-state index is 0. The SMILES string of the molecule is O=P(O)(O)O.[K+].[K+].[O]=[Cr](=[O])([O-])[O][Cr](=[O])(=[O])[O-]. The Morgan fingerprint density at radius 2 is 1.00 bits per heavy atom. The third kappa shape index (κ3) is 52.7. The zero-order valence-electron chi connectivity index (χ0n) is 7.87. The van der Waals surface area contributed by atoms with Crippen molar-refractivity contribution in [3.8, 4) is 0 Å². The summed E-state index contributed by atoms with van der Waals surface area (Å²) < 4.78 is 67.8. The predicted octanol–water partition coefficient (Wildman–Crippen LogP) is -9.85. The molecule has 0 fully saturated rings. The first-order valence-electron chi connectivity index (χ1n) is 2.12. The molecule has 0 spiro atoms. The molecule has 0 rings (SSSR count). The maximum atomic E-state index is 9.38. The van der Waals surface area contributed by atoms with Crippen LogP contribution in [0.5, 0.6) is 0 Å². The van der Waals surface area contributed by atoms with E-state index >= 15 is 0 Å². The van der Waals surface area contributed by atoms with Gasteiger partial charge in [-0.3, -0.25) is 0 Å². The Hall–Kier alpha value is 3.53. The molecule has 0 bridgehead atoms. The molecule has 0 unspecified atom stereocenters. The van der Waals surface area contributed by atoms with Crippen molar-refractivity contribution in [2.45, 2.75) is 0 Å². The van der Waals surface area contributed by atoms with Gasteiger partial charge in [0.05, 0.1) is 0 Å². The molecule has 0 aliphatic rings. The molecule has 0 saturated carbocycles. The van der Waals surface area contributed by atoms with E-state index < -0.39 is 35.1 Å². The molecule has 0 atom stereocenters. The Balaban J connectivity index is -0.0000000904. The van der Waals surface area contributed by atoms with Crippen LogP contribution in [0.4, 0.5) is 0 Å². The van der Waals surface area contributed by atoms with Crippen LogP contribution in [0.25, 0.3) is 0 Å². The zero-order valence-corrected chi connectivity index (χ0v) is 17.6. The normalized spacial score (nSPS) is 11.3. The van der Waals surface area contributed by atoms with Gasteiger partial charge in [-0.1, -0.05) is 0 Å². The van der Waals surface area contributed by atoms with Crippen molar-refractivity contribution in [1.82, 2.24) is 0 Å². The molecule has 3 N–H and O–H groups in total. The Labute approximate surface area is 179 Å². The fourth-order valence-electron chi connectivity index (χ4n) is 0.102. The van der Waals surface area contributed by atoms with Crippen LogP contribution in [0.2, 0.25) is 0 Å². The molecule has 0 aromatic rings. The summed E-state index contributed by atoms with van der Waals surface area (Å²) in [4.78, 5) is 21.6. The van der Waals surface area contributed by atoms with E-state index in [2.05, 4.69) is 2.84 Å². The van der Waals surface area contributed by atoms with Crippen LogP contribution in [0.3, 0.4) is 0 Å². The summed E-state index contributed by atoms with van der Waals surface area (Å²) in [6.45, 7) is 0. The first kappa shape index (κ1) is 27.8. The quantitative estimate of drug-likeness (QED) is 0.297. The molecule has 16 heteroatoms. The van der Waals surface area contributed by atoms with Crippen LogP contribution >= 0.6 is 7.82 Å². The Bertz CT molecular complexity index is 359. The molecule has 0 heterocycles. The van der Waals surface area contributed by atoms with Gasteiger partial charge in [0.25, 0.3) is 0 Å². The summed E-state index contributed by atoms with van der Waals surface area (Å²) in [6, 6.07) is 0. The second kappa shape index (κ2) is 11.2. The van der Waals surface area contributed by atoms with Crippen LogP contribution in [0, 0.1) is 0 Å². The topological polar surface area (TPSA) is 201 Å². The van der Waals surface area contributed by atoms with E-state index in [4.69, 9.17) is 19.2 Å². The molecular formula is H3Cr2K2O11P. The zero-order chi connectivity index (χ0) is 12.2. The van der Waals surface area contributed by atoms with Crippen molar-refractivity contribution in [3.05, 3.63) is 0 Å². The van der Waals surface area contributed by atoms with Crippen molar-refractivity contribution in [1.29, 1.82) is 0 Å². The Morgan fingerprint density at radius 3 is 1.00 bits per heavy atom. The van der Waals surface area contributed by atoms with Gasteiger partial charge in [0, 0.05) is 0 Å². The number of hydrogen-bond acceptors (Lipinski definition) is 8. The minimum atomic E-state index is -6.07. The van der Waals surface area contributed by atoms with Crippen molar-refractivity contribution in [2.75, 3.05) is 0 Å². The van der Waals surface area contributed by atoms with Crippen molar-refractivity contribution in [2.24, 2.45) is 0 Å². The van der Waals surface area contributed by atoms with Gasteiger partial charge >= 0.3 is 164 Å². The number of phosphoric acid groups is 1. The summed E-state index contributed by atoms with van der Waals surface area (Å²) in [5.41, 5.74) is 0. The van der Waals surface area contributed by atoms with Gasteiger partial charge in [0.2, 0.25) is 0 Å². The van der Waals surface area contributed by atoms with Crippen molar-refractivity contribution >= 4 is 7.82 Å². The van der Waals surface area contributed by atoms with E-state index in [1.165, 1.54) is 0 Å². The second-order valence-electron chi connectivity index (χ2n) is 1.40. The van der Waals surface area contributed by atoms with E-state index in [0.29, 0.717) is 0 Å². The Morgan fingerprint density at radius 1 is 0.875 bits per heavy atom. The van der Waals surface area contributed by atoms with Gasteiger partial charge in [0.15, 0.2) is 0 Å². The van der Waals surface area contributed by atoms with Crippen LogP contribution in [-0.4, -0.2) is 14.7 Å². The predicted molar refractivity (Wildman–Crippen MR) is 18.1 cm³/mol. The van der Waals surface area contributed by atoms with E-state index in [1.807, 2.05) is 0 Å².